The molecule has 6 heteroatoms. The van der Waals surface area contributed by atoms with Gasteiger partial charge in [0.15, 0.2) is 0 Å². The lowest BCUT2D eigenvalue weighted by atomic mass is 10.2. The van der Waals surface area contributed by atoms with Crippen molar-refractivity contribution in [3.05, 3.63) is 29.8 Å². The molecule has 0 radical (unpaired) electrons. The number of hydrogen-bond donors (Lipinski definition) is 2. The third kappa shape index (κ3) is 2.61. The molecule has 2 rings (SSSR count). The molecule has 1 fully saturated rings. The van der Waals surface area contributed by atoms with Crippen molar-refractivity contribution in [2.75, 3.05) is 18.0 Å². The second kappa shape index (κ2) is 4.94. The third-order valence-electron chi connectivity index (χ3n) is 2.51. The van der Waals surface area contributed by atoms with E-state index >= 15 is 0 Å². The van der Waals surface area contributed by atoms with Gasteiger partial charge >= 0.3 is 0 Å². The normalized spacial score (nSPS) is 15.9. The number of rotatable bonds is 3. The molecule has 0 saturated carbocycles. The van der Waals surface area contributed by atoms with E-state index in [4.69, 9.17) is 5.90 Å². The van der Waals surface area contributed by atoms with E-state index in [-0.39, 0.29) is 31.5 Å². The first kappa shape index (κ1) is 11.6. The molecule has 1 aliphatic heterocycles. The lowest BCUT2D eigenvalue weighted by molar-refractivity contribution is -0.128. The second-order valence-corrected chi connectivity index (χ2v) is 3.74. The molecule has 90 valence electrons. The van der Waals surface area contributed by atoms with Gasteiger partial charge in [0.1, 0.15) is 6.54 Å². The highest BCUT2D eigenvalue weighted by molar-refractivity contribution is 6.04. The van der Waals surface area contributed by atoms with Crippen LogP contribution in [-0.2, 0) is 21.0 Å². The lowest BCUT2D eigenvalue weighted by Crippen LogP contribution is -2.51. The molecule has 3 N–H and O–H groups in total. The molecule has 1 aromatic carbocycles. The fourth-order valence-corrected chi connectivity index (χ4v) is 1.70. The number of nitrogens with zero attached hydrogens (tertiary/aromatic N) is 1. The van der Waals surface area contributed by atoms with E-state index in [1.165, 1.54) is 4.90 Å². The van der Waals surface area contributed by atoms with Crippen molar-refractivity contribution < 1.29 is 14.4 Å². The van der Waals surface area contributed by atoms with Gasteiger partial charge in [-0.15, -0.1) is 0 Å². The number of nitrogens with one attached hydrogen (secondary N) is 1. The molecule has 1 aliphatic rings. The van der Waals surface area contributed by atoms with Crippen molar-refractivity contribution in [3.8, 4) is 0 Å². The van der Waals surface area contributed by atoms with Crippen LogP contribution in [0.25, 0.3) is 0 Å². The zero-order chi connectivity index (χ0) is 12.3. The largest absolute Gasteiger partial charge is 0.345 e. The van der Waals surface area contributed by atoms with E-state index in [0.29, 0.717) is 5.69 Å². The molecule has 0 aromatic heterocycles. The van der Waals surface area contributed by atoms with Gasteiger partial charge in [-0.25, -0.2) is 5.90 Å². The highest BCUT2D eigenvalue weighted by Gasteiger charge is 2.24. The van der Waals surface area contributed by atoms with Gasteiger partial charge in [0.05, 0.1) is 13.2 Å². The van der Waals surface area contributed by atoms with E-state index in [9.17, 15) is 9.59 Å². The Bertz CT molecular complexity index is 447. The molecule has 1 saturated heterocycles. The summed E-state index contributed by atoms with van der Waals surface area (Å²) in [6, 6.07) is 7.19. The first-order chi connectivity index (χ1) is 8.20. The Hall–Kier alpha value is -1.92. The predicted octanol–water partition coefficient (Wildman–Crippen LogP) is -0.460. The zero-order valence-corrected chi connectivity index (χ0v) is 9.18. The van der Waals surface area contributed by atoms with Gasteiger partial charge in [-0.1, -0.05) is 12.1 Å². The molecule has 1 heterocycles. The van der Waals surface area contributed by atoms with E-state index in [0.717, 1.165) is 5.56 Å². The monoisotopic (exact) mass is 235 g/mol. The molecule has 1 aromatic rings. The summed E-state index contributed by atoms with van der Waals surface area (Å²) >= 11 is 0. The number of benzene rings is 1. The minimum atomic E-state index is -0.162. The maximum Gasteiger partial charge on any atom is 0.246 e. The first-order valence-corrected chi connectivity index (χ1v) is 5.18. The summed E-state index contributed by atoms with van der Waals surface area (Å²) in [7, 11) is 0. The van der Waals surface area contributed by atoms with Crippen molar-refractivity contribution in [1.82, 2.24) is 5.32 Å². The highest BCUT2D eigenvalue weighted by atomic mass is 16.6. The van der Waals surface area contributed by atoms with Gasteiger partial charge in [0.25, 0.3) is 0 Å². The van der Waals surface area contributed by atoms with Gasteiger partial charge < -0.3 is 10.2 Å². The number of carbonyl (C=O) groups excluding carboxylic acids is 2. The fourth-order valence-electron chi connectivity index (χ4n) is 1.70. The van der Waals surface area contributed by atoms with Crippen molar-refractivity contribution >= 4 is 17.5 Å². The lowest BCUT2D eigenvalue weighted by Gasteiger charge is -2.26. The average Bonchev–Trinajstić information content (AvgIpc) is 2.33. The smallest absolute Gasteiger partial charge is 0.246 e. The Morgan fingerprint density at radius 1 is 1.41 bits per heavy atom. The summed E-state index contributed by atoms with van der Waals surface area (Å²) in [4.78, 5) is 28.9. The van der Waals surface area contributed by atoms with E-state index in [1.807, 2.05) is 6.07 Å². The third-order valence-corrected chi connectivity index (χ3v) is 2.51. The van der Waals surface area contributed by atoms with Crippen LogP contribution >= 0.6 is 0 Å². The molecule has 0 unspecified atom stereocenters. The summed E-state index contributed by atoms with van der Waals surface area (Å²) < 4.78 is 0. The molecule has 6 nitrogen and oxygen atoms in total. The summed E-state index contributed by atoms with van der Waals surface area (Å²) in [5.41, 5.74) is 1.53. The minimum Gasteiger partial charge on any atom is -0.345 e. The second-order valence-electron chi connectivity index (χ2n) is 3.74. The number of hydrogen-bond acceptors (Lipinski definition) is 4. The summed E-state index contributed by atoms with van der Waals surface area (Å²) in [5, 5.41) is 2.50. The molecule has 0 spiro atoms. The Labute approximate surface area is 98.3 Å². The molecule has 0 atom stereocenters. The standard InChI is InChI=1S/C11H13N3O3/c12-17-7-8-2-1-3-9(4-8)14-6-10(15)13-5-11(14)16/h1-4H,5-7,12H2,(H,13,15). The summed E-state index contributed by atoms with van der Waals surface area (Å²) in [5.74, 6) is 4.70. The van der Waals surface area contributed by atoms with Gasteiger partial charge in [-0.3, -0.25) is 14.4 Å². The van der Waals surface area contributed by atoms with E-state index < -0.39 is 0 Å². The van der Waals surface area contributed by atoms with Crippen molar-refractivity contribution in [1.29, 1.82) is 0 Å². The number of anilines is 1. The van der Waals surface area contributed by atoms with Gasteiger partial charge in [0.2, 0.25) is 11.8 Å². The van der Waals surface area contributed by atoms with Crippen LogP contribution in [0.5, 0.6) is 0 Å². The van der Waals surface area contributed by atoms with Crippen LogP contribution in [0.4, 0.5) is 5.69 Å². The number of amides is 2. The number of nitrogens with two attached hydrogens (primary N) is 1. The summed E-state index contributed by atoms with van der Waals surface area (Å²) in [6.07, 6.45) is 0. The van der Waals surface area contributed by atoms with Gasteiger partial charge in [-0.2, -0.15) is 0 Å². The van der Waals surface area contributed by atoms with Crippen molar-refractivity contribution in [3.63, 3.8) is 0 Å². The van der Waals surface area contributed by atoms with E-state index in [2.05, 4.69) is 10.2 Å². The Morgan fingerprint density at radius 2 is 2.24 bits per heavy atom. The predicted molar refractivity (Wildman–Crippen MR) is 60.8 cm³/mol. The zero-order valence-electron chi connectivity index (χ0n) is 9.18. The maximum absolute atomic E-state index is 11.7. The van der Waals surface area contributed by atoms with Crippen LogP contribution in [0.3, 0.4) is 0 Å². The Morgan fingerprint density at radius 3 is 3.00 bits per heavy atom. The molecule has 17 heavy (non-hydrogen) atoms. The van der Waals surface area contributed by atoms with Crippen LogP contribution in [0.1, 0.15) is 5.56 Å². The van der Waals surface area contributed by atoms with Gasteiger partial charge in [0, 0.05) is 5.69 Å². The quantitative estimate of drug-likeness (QED) is 0.694. The fraction of sp³-hybridized carbons (Fsp3) is 0.273. The molecular formula is C11H13N3O3. The maximum atomic E-state index is 11.7. The average molecular weight is 235 g/mol. The summed E-state index contributed by atoms with van der Waals surface area (Å²) in [6.45, 7) is 0.351. The first-order valence-electron chi connectivity index (χ1n) is 5.18. The van der Waals surface area contributed by atoms with Gasteiger partial charge in [-0.05, 0) is 17.7 Å². The van der Waals surface area contributed by atoms with Crippen LogP contribution < -0.4 is 16.1 Å². The molecule has 0 aliphatic carbocycles. The number of carbonyl (C=O) groups is 2. The van der Waals surface area contributed by atoms with Crippen LogP contribution in [0.15, 0.2) is 24.3 Å². The Balaban J connectivity index is 2.22. The highest BCUT2D eigenvalue weighted by Crippen LogP contribution is 2.17. The van der Waals surface area contributed by atoms with Crippen LogP contribution in [-0.4, -0.2) is 24.9 Å². The molecule has 0 bridgehead atoms. The van der Waals surface area contributed by atoms with Crippen molar-refractivity contribution in [2.45, 2.75) is 6.61 Å². The van der Waals surface area contributed by atoms with Crippen molar-refractivity contribution in [2.24, 2.45) is 5.90 Å². The SMILES string of the molecule is NOCc1cccc(N2CC(=O)NCC2=O)c1. The number of piperazine rings is 1. The van der Waals surface area contributed by atoms with Crippen LogP contribution in [0.2, 0.25) is 0 Å². The molecular weight excluding hydrogens is 222 g/mol. The van der Waals surface area contributed by atoms with Crippen LogP contribution in [0, 0.1) is 0 Å². The Kier molecular flexibility index (Phi) is 3.36. The minimum absolute atomic E-state index is 0.0381. The molecule has 2 amide bonds. The topological polar surface area (TPSA) is 84.7 Å². The van der Waals surface area contributed by atoms with E-state index in [1.54, 1.807) is 18.2 Å².